The Kier molecular flexibility index (Phi) is 4.76. The Hall–Kier alpha value is -2.08. The zero-order chi connectivity index (χ0) is 17.2. The lowest BCUT2D eigenvalue weighted by molar-refractivity contribution is -0.137. The second kappa shape index (κ2) is 6.81. The molecule has 0 unspecified atom stereocenters. The van der Waals surface area contributed by atoms with Crippen molar-refractivity contribution in [3.8, 4) is 11.1 Å². The molecule has 1 aliphatic rings. The first-order chi connectivity index (χ1) is 11.5. The van der Waals surface area contributed by atoms with E-state index in [9.17, 15) is 13.2 Å². The average Bonchev–Trinajstić information content (AvgIpc) is 2.61. The normalized spacial score (nSPS) is 16.4. The third-order valence-electron chi connectivity index (χ3n) is 4.55. The number of pyridine rings is 1. The van der Waals surface area contributed by atoms with Crippen molar-refractivity contribution in [3.05, 3.63) is 48.2 Å². The molecule has 1 saturated heterocycles. The fraction of sp³-hybridized carbons (Fsp3) is 0.389. The molecule has 1 fully saturated rings. The summed E-state index contributed by atoms with van der Waals surface area (Å²) < 4.78 is 40.0. The summed E-state index contributed by atoms with van der Waals surface area (Å²) in [5, 5.41) is 0. The van der Waals surface area contributed by atoms with Crippen LogP contribution in [-0.2, 0) is 6.18 Å². The summed E-state index contributed by atoms with van der Waals surface area (Å²) in [6, 6.07) is 10.2. The number of benzene rings is 1. The van der Waals surface area contributed by atoms with Crippen molar-refractivity contribution >= 4 is 5.82 Å². The SMILES string of the molecule is NCC1CCN(c2cc(-c3ccccc3)c(C(F)(F)F)cn2)CC1. The predicted octanol–water partition coefficient (Wildman–Crippen LogP) is 3.94. The van der Waals surface area contributed by atoms with Crippen LogP contribution in [0.5, 0.6) is 0 Å². The summed E-state index contributed by atoms with van der Waals surface area (Å²) in [5.74, 6) is 1.08. The predicted molar refractivity (Wildman–Crippen MR) is 88.7 cm³/mol. The van der Waals surface area contributed by atoms with Gasteiger partial charge < -0.3 is 10.6 Å². The van der Waals surface area contributed by atoms with Crippen LogP contribution in [0.25, 0.3) is 11.1 Å². The number of alkyl halides is 3. The number of rotatable bonds is 3. The Bertz CT molecular complexity index is 678. The van der Waals surface area contributed by atoms with Crippen LogP contribution in [0.4, 0.5) is 19.0 Å². The summed E-state index contributed by atoms with van der Waals surface area (Å²) in [6.07, 6.45) is -1.59. The molecule has 3 nitrogen and oxygen atoms in total. The molecule has 6 heteroatoms. The highest BCUT2D eigenvalue weighted by Crippen LogP contribution is 2.38. The molecule has 2 aromatic rings. The Morgan fingerprint density at radius 3 is 2.38 bits per heavy atom. The first-order valence-corrected chi connectivity index (χ1v) is 8.06. The van der Waals surface area contributed by atoms with Gasteiger partial charge in [-0.05, 0) is 42.5 Å². The van der Waals surface area contributed by atoms with Crippen molar-refractivity contribution in [3.63, 3.8) is 0 Å². The topological polar surface area (TPSA) is 42.1 Å². The molecule has 0 atom stereocenters. The van der Waals surface area contributed by atoms with Crippen LogP contribution in [0.1, 0.15) is 18.4 Å². The summed E-state index contributed by atoms with van der Waals surface area (Å²) in [7, 11) is 0. The second-order valence-electron chi connectivity index (χ2n) is 6.12. The molecule has 2 N–H and O–H groups in total. The van der Waals surface area contributed by atoms with E-state index in [0.29, 0.717) is 23.8 Å². The Labute approximate surface area is 139 Å². The molecule has 24 heavy (non-hydrogen) atoms. The molecule has 0 amide bonds. The minimum Gasteiger partial charge on any atom is -0.357 e. The third kappa shape index (κ3) is 3.53. The number of nitrogens with zero attached hydrogens (tertiary/aromatic N) is 2. The number of nitrogens with two attached hydrogens (primary N) is 1. The maximum Gasteiger partial charge on any atom is 0.418 e. The zero-order valence-corrected chi connectivity index (χ0v) is 13.3. The first kappa shape index (κ1) is 16.8. The van der Waals surface area contributed by atoms with Gasteiger partial charge >= 0.3 is 6.18 Å². The van der Waals surface area contributed by atoms with E-state index in [-0.39, 0.29) is 5.56 Å². The van der Waals surface area contributed by atoms with Gasteiger partial charge in [0.25, 0.3) is 0 Å². The van der Waals surface area contributed by atoms with E-state index in [1.165, 1.54) is 0 Å². The number of halogens is 3. The van der Waals surface area contributed by atoms with Gasteiger partial charge in [0.2, 0.25) is 0 Å². The molecule has 1 aromatic carbocycles. The van der Waals surface area contributed by atoms with Gasteiger partial charge in [-0.2, -0.15) is 13.2 Å². The van der Waals surface area contributed by atoms with Crippen LogP contribution in [0.15, 0.2) is 42.6 Å². The Morgan fingerprint density at radius 2 is 1.79 bits per heavy atom. The van der Waals surface area contributed by atoms with E-state index in [2.05, 4.69) is 4.98 Å². The van der Waals surface area contributed by atoms with Gasteiger partial charge in [0.15, 0.2) is 0 Å². The molecular weight excluding hydrogens is 315 g/mol. The van der Waals surface area contributed by atoms with Crippen LogP contribution >= 0.6 is 0 Å². The molecule has 128 valence electrons. The van der Waals surface area contributed by atoms with Crippen molar-refractivity contribution in [1.82, 2.24) is 4.98 Å². The monoisotopic (exact) mass is 335 g/mol. The van der Waals surface area contributed by atoms with E-state index in [4.69, 9.17) is 5.73 Å². The van der Waals surface area contributed by atoms with Gasteiger partial charge in [-0.1, -0.05) is 30.3 Å². The summed E-state index contributed by atoms with van der Waals surface area (Å²) in [4.78, 5) is 6.12. The van der Waals surface area contributed by atoms with Crippen molar-refractivity contribution in [2.45, 2.75) is 19.0 Å². The maximum atomic E-state index is 13.3. The highest BCUT2D eigenvalue weighted by atomic mass is 19.4. The summed E-state index contributed by atoms with van der Waals surface area (Å²) in [5.41, 5.74) is 5.72. The molecule has 0 bridgehead atoms. The lowest BCUT2D eigenvalue weighted by atomic mass is 9.96. The molecule has 0 saturated carbocycles. The minimum atomic E-state index is -4.43. The van der Waals surface area contributed by atoms with Gasteiger partial charge in [-0.25, -0.2) is 4.98 Å². The molecule has 2 heterocycles. The van der Waals surface area contributed by atoms with Crippen LogP contribution in [0.3, 0.4) is 0 Å². The third-order valence-corrected chi connectivity index (χ3v) is 4.55. The molecule has 1 aromatic heterocycles. The van der Waals surface area contributed by atoms with Crippen molar-refractivity contribution in [2.75, 3.05) is 24.5 Å². The number of hydrogen-bond donors (Lipinski definition) is 1. The Balaban J connectivity index is 1.96. The quantitative estimate of drug-likeness (QED) is 0.924. The maximum absolute atomic E-state index is 13.3. The van der Waals surface area contributed by atoms with Gasteiger partial charge in [0.05, 0.1) is 5.56 Å². The zero-order valence-electron chi connectivity index (χ0n) is 13.3. The van der Waals surface area contributed by atoms with Crippen molar-refractivity contribution in [2.24, 2.45) is 11.7 Å². The molecule has 3 rings (SSSR count). The first-order valence-electron chi connectivity index (χ1n) is 8.06. The largest absolute Gasteiger partial charge is 0.418 e. The summed E-state index contributed by atoms with van der Waals surface area (Å²) in [6.45, 7) is 2.20. The van der Waals surface area contributed by atoms with Gasteiger partial charge in [-0.15, -0.1) is 0 Å². The number of anilines is 1. The van der Waals surface area contributed by atoms with Crippen molar-refractivity contribution < 1.29 is 13.2 Å². The standard InChI is InChI=1S/C18H20F3N3/c19-18(20,21)16-12-23-17(24-8-6-13(11-22)7-9-24)10-15(16)14-4-2-1-3-5-14/h1-5,10,12-13H,6-9,11,22H2. The van der Waals surface area contributed by atoms with Gasteiger partial charge in [0.1, 0.15) is 5.82 Å². The van der Waals surface area contributed by atoms with E-state index in [1.807, 2.05) is 4.90 Å². The lowest BCUT2D eigenvalue weighted by Crippen LogP contribution is -2.36. The molecule has 1 aliphatic heterocycles. The smallest absolute Gasteiger partial charge is 0.357 e. The molecular formula is C18H20F3N3. The average molecular weight is 335 g/mol. The fourth-order valence-electron chi connectivity index (χ4n) is 3.10. The van der Waals surface area contributed by atoms with Crippen LogP contribution in [0.2, 0.25) is 0 Å². The van der Waals surface area contributed by atoms with E-state index < -0.39 is 11.7 Å². The van der Waals surface area contributed by atoms with Gasteiger partial charge in [0, 0.05) is 19.3 Å². The fourth-order valence-corrected chi connectivity index (χ4v) is 3.10. The van der Waals surface area contributed by atoms with Crippen molar-refractivity contribution in [1.29, 1.82) is 0 Å². The van der Waals surface area contributed by atoms with E-state index in [1.54, 1.807) is 36.4 Å². The summed E-state index contributed by atoms with van der Waals surface area (Å²) >= 11 is 0. The number of aromatic nitrogens is 1. The Morgan fingerprint density at radius 1 is 1.12 bits per heavy atom. The highest BCUT2D eigenvalue weighted by Gasteiger charge is 2.35. The van der Waals surface area contributed by atoms with Crippen LogP contribution in [0, 0.1) is 5.92 Å². The van der Waals surface area contributed by atoms with Crippen LogP contribution in [-0.4, -0.2) is 24.6 Å². The minimum absolute atomic E-state index is 0.175. The van der Waals surface area contributed by atoms with Gasteiger partial charge in [-0.3, -0.25) is 0 Å². The molecule has 0 aliphatic carbocycles. The number of piperidine rings is 1. The van der Waals surface area contributed by atoms with E-state index >= 15 is 0 Å². The molecule has 0 spiro atoms. The van der Waals surface area contributed by atoms with Crippen LogP contribution < -0.4 is 10.6 Å². The highest BCUT2D eigenvalue weighted by molar-refractivity contribution is 5.70. The second-order valence-corrected chi connectivity index (χ2v) is 6.12. The number of hydrogen-bond acceptors (Lipinski definition) is 3. The lowest BCUT2D eigenvalue weighted by Gasteiger charge is -2.32. The molecule has 0 radical (unpaired) electrons. The van der Waals surface area contributed by atoms with E-state index in [0.717, 1.165) is 32.1 Å².